The molecule has 0 aliphatic rings. The molecule has 1 aromatic heterocycles. The zero-order valence-corrected chi connectivity index (χ0v) is 20.4. The maximum Gasteiger partial charge on any atom is 0.282 e. The van der Waals surface area contributed by atoms with Crippen LogP contribution in [0, 0.1) is 0 Å². The summed E-state index contributed by atoms with van der Waals surface area (Å²) < 4.78 is 14.2. The number of ether oxygens (including phenoxy) is 2. The van der Waals surface area contributed by atoms with Crippen LogP contribution < -0.4 is 15.0 Å². The monoisotopic (exact) mass is 535 g/mol. The molecule has 0 aliphatic heterocycles. The summed E-state index contributed by atoms with van der Waals surface area (Å²) in [5.74, 6) is 1.84. The number of rotatable bonds is 7. The van der Waals surface area contributed by atoms with Gasteiger partial charge in [-0.05, 0) is 72.1 Å². The lowest BCUT2D eigenvalue weighted by molar-refractivity contribution is 0.228. The first-order chi connectivity index (χ1) is 14.3. The van der Waals surface area contributed by atoms with Crippen LogP contribution in [0.1, 0.15) is 38.6 Å². The minimum absolute atomic E-state index is 0.00731. The highest BCUT2D eigenvalue weighted by atomic mass is 79.9. The fourth-order valence-corrected chi connectivity index (χ4v) is 3.90. The molecule has 0 radical (unpaired) electrons. The van der Waals surface area contributed by atoms with Crippen molar-refractivity contribution in [3.63, 3.8) is 0 Å². The molecule has 0 saturated carbocycles. The minimum Gasteiger partial charge on any atom is -0.493 e. The summed E-state index contributed by atoms with van der Waals surface area (Å²) in [6, 6.07) is 9.18. The molecule has 3 rings (SSSR count). The number of aromatic nitrogens is 2. The second-order valence-corrected chi connectivity index (χ2v) is 8.77. The highest BCUT2D eigenvalue weighted by Gasteiger charge is 2.14. The zero-order valence-electron chi connectivity index (χ0n) is 17.3. The van der Waals surface area contributed by atoms with Crippen molar-refractivity contribution in [2.45, 2.75) is 39.7 Å². The van der Waals surface area contributed by atoms with Gasteiger partial charge in [-0.15, -0.1) is 0 Å². The van der Waals surface area contributed by atoms with Gasteiger partial charge in [0.15, 0.2) is 11.5 Å². The molecule has 0 amide bonds. The molecule has 0 fully saturated rings. The van der Waals surface area contributed by atoms with Crippen molar-refractivity contribution in [3.05, 3.63) is 61.0 Å². The van der Waals surface area contributed by atoms with E-state index in [1.807, 2.05) is 45.0 Å². The molecular formula is C22H23Br2N3O3. The maximum atomic E-state index is 13.1. The number of hydrogen-bond donors (Lipinski definition) is 0. The highest BCUT2D eigenvalue weighted by Crippen LogP contribution is 2.37. The van der Waals surface area contributed by atoms with E-state index in [-0.39, 0.29) is 11.7 Å². The SMILES string of the molecule is CCCc1nc2ccc(Br)cc2c(=O)n1N=Cc1cc(Br)c(OC(C)C)c(OC)c1. The lowest BCUT2D eigenvalue weighted by atomic mass is 10.2. The smallest absolute Gasteiger partial charge is 0.282 e. The van der Waals surface area contributed by atoms with E-state index in [0.717, 1.165) is 20.9 Å². The van der Waals surface area contributed by atoms with E-state index in [1.54, 1.807) is 19.4 Å². The first kappa shape index (κ1) is 22.5. The molecule has 0 bridgehead atoms. The third-order valence-electron chi connectivity index (χ3n) is 4.28. The Bertz CT molecular complexity index is 1160. The van der Waals surface area contributed by atoms with Crippen LogP contribution in [0.3, 0.4) is 0 Å². The van der Waals surface area contributed by atoms with Gasteiger partial charge in [-0.2, -0.15) is 9.78 Å². The Morgan fingerprint density at radius 3 is 2.67 bits per heavy atom. The minimum atomic E-state index is -0.202. The molecule has 0 spiro atoms. The number of fused-ring (bicyclic) bond motifs is 1. The fraction of sp³-hybridized carbons (Fsp3) is 0.318. The highest BCUT2D eigenvalue weighted by molar-refractivity contribution is 9.10. The van der Waals surface area contributed by atoms with Crippen LogP contribution in [0.25, 0.3) is 10.9 Å². The second-order valence-electron chi connectivity index (χ2n) is 7.00. The molecule has 30 heavy (non-hydrogen) atoms. The van der Waals surface area contributed by atoms with E-state index >= 15 is 0 Å². The van der Waals surface area contributed by atoms with E-state index in [2.05, 4.69) is 41.9 Å². The lowest BCUT2D eigenvalue weighted by Gasteiger charge is -2.15. The number of hydrogen-bond acceptors (Lipinski definition) is 5. The predicted molar refractivity (Wildman–Crippen MR) is 127 cm³/mol. The van der Waals surface area contributed by atoms with Gasteiger partial charge < -0.3 is 9.47 Å². The van der Waals surface area contributed by atoms with Gasteiger partial charge in [0, 0.05) is 10.9 Å². The molecule has 158 valence electrons. The quantitative estimate of drug-likeness (QED) is 0.371. The summed E-state index contributed by atoms with van der Waals surface area (Å²) in [7, 11) is 1.59. The van der Waals surface area contributed by atoms with Crippen LogP contribution in [0.15, 0.2) is 49.2 Å². The van der Waals surface area contributed by atoms with E-state index in [0.29, 0.717) is 34.6 Å². The molecule has 8 heteroatoms. The predicted octanol–water partition coefficient (Wildman–Crippen LogP) is 5.55. The molecule has 2 aromatic carbocycles. The van der Waals surface area contributed by atoms with Crippen LogP contribution in [-0.4, -0.2) is 29.1 Å². The molecular weight excluding hydrogens is 514 g/mol. The van der Waals surface area contributed by atoms with Crippen LogP contribution in [-0.2, 0) is 6.42 Å². The van der Waals surface area contributed by atoms with Crippen molar-refractivity contribution in [3.8, 4) is 11.5 Å². The average Bonchev–Trinajstić information content (AvgIpc) is 2.70. The number of methoxy groups -OCH3 is 1. The first-order valence-electron chi connectivity index (χ1n) is 9.63. The molecule has 6 nitrogen and oxygen atoms in total. The van der Waals surface area contributed by atoms with Gasteiger partial charge in [0.25, 0.3) is 5.56 Å². The largest absolute Gasteiger partial charge is 0.493 e. The van der Waals surface area contributed by atoms with Crippen LogP contribution in [0.5, 0.6) is 11.5 Å². The number of halogens is 2. The van der Waals surface area contributed by atoms with Crippen molar-refractivity contribution in [2.75, 3.05) is 7.11 Å². The van der Waals surface area contributed by atoms with Gasteiger partial charge in [0.05, 0.1) is 34.8 Å². The van der Waals surface area contributed by atoms with Gasteiger partial charge in [0.2, 0.25) is 0 Å². The summed E-state index contributed by atoms with van der Waals surface area (Å²) in [4.78, 5) is 17.7. The molecule has 0 unspecified atom stereocenters. The van der Waals surface area contributed by atoms with Crippen molar-refractivity contribution >= 4 is 49.0 Å². The second kappa shape index (κ2) is 9.75. The third kappa shape index (κ3) is 4.92. The van der Waals surface area contributed by atoms with E-state index in [1.165, 1.54) is 4.68 Å². The fourth-order valence-electron chi connectivity index (χ4n) is 2.99. The number of nitrogens with zero attached hydrogens (tertiary/aromatic N) is 3. The van der Waals surface area contributed by atoms with Crippen molar-refractivity contribution in [1.82, 2.24) is 9.66 Å². The molecule has 3 aromatic rings. The molecule has 0 N–H and O–H groups in total. The molecule has 0 atom stereocenters. The Morgan fingerprint density at radius 1 is 1.23 bits per heavy atom. The maximum absolute atomic E-state index is 13.1. The Morgan fingerprint density at radius 2 is 2.00 bits per heavy atom. The van der Waals surface area contributed by atoms with Gasteiger partial charge >= 0.3 is 0 Å². The summed E-state index contributed by atoms with van der Waals surface area (Å²) in [5, 5.41) is 4.98. The first-order valence-corrected chi connectivity index (χ1v) is 11.2. The lowest BCUT2D eigenvalue weighted by Crippen LogP contribution is -2.22. The van der Waals surface area contributed by atoms with Crippen molar-refractivity contribution < 1.29 is 9.47 Å². The van der Waals surface area contributed by atoms with Gasteiger partial charge in [-0.25, -0.2) is 4.98 Å². The Kier molecular flexibility index (Phi) is 7.31. The van der Waals surface area contributed by atoms with Gasteiger partial charge in [0.1, 0.15) is 5.82 Å². The summed E-state index contributed by atoms with van der Waals surface area (Å²) in [5.41, 5.74) is 1.23. The van der Waals surface area contributed by atoms with Crippen LogP contribution in [0.4, 0.5) is 0 Å². The molecule has 0 aliphatic carbocycles. The molecule has 1 heterocycles. The third-order valence-corrected chi connectivity index (χ3v) is 5.36. The average molecular weight is 537 g/mol. The van der Waals surface area contributed by atoms with Crippen LogP contribution >= 0.6 is 31.9 Å². The Hall–Kier alpha value is -2.19. The van der Waals surface area contributed by atoms with Crippen LogP contribution in [0.2, 0.25) is 0 Å². The Labute approximate surface area is 192 Å². The van der Waals surface area contributed by atoms with Gasteiger partial charge in [-0.3, -0.25) is 4.79 Å². The van der Waals surface area contributed by atoms with E-state index < -0.39 is 0 Å². The molecule has 0 saturated heterocycles. The van der Waals surface area contributed by atoms with Gasteiger partial charge in [-0.1, -0.05) is 22.9 Å². The van der Waals surface area contributed by atoms with E-state index in [4.69, 9.17) is 9.47 Å². The topological polar surface area (TPSA) is 65.7 Å². The summed E-state index contributed by atoms with van der Waals surface area (Å²) in [6.07, 6.45) is 3.13. The standard InChI is InChI=1S/C22H23Br2N3O3/c1-5-6-20-26-18-8-7-15(23)11-16(18)22(28)27(20)25-12-14-9-17(24)21(30-13(2)3)19(10-14)29-4/h7-13H,5-6H2,1-4H3. The zero-order chi connectivity index (χ0) is 21.8. The van der Waals surface area contributed by atoms with Crippen molar-refractivity contribution in [2.24, 2.45) is 5.10 Å². The summed E-state index contributed by atoms with van der Waals surface area (Å²) >= 11 is 6.95. The normalized spacial score (nSPS) is 11.6. The summed E-state index contributed by atoms with van der Waals surface area (Å²) in [6.45, 7) is 5.95. The number of aryl methyl sites for hydroxylation is 1. The van der Waals surface area contributed by atoms with Crippen molar-refractivity contribution in [1.29, 1.82) is 0 Å². The Balaban J connectivity index is 2.09. The number of benzene rings is 2. The van der Waals surface area contributed by atoms with E-state index in [9.17, 15) is 4.79 Å².